The van der Waals surface area contributed by atoms with Crippen LogP contribution in [0.1, 0.15) is 21.5 Å². The monoisotopic (exact) mass is 394 g/mol. The second kappa shape index (κ2) is 7.50. The number of benzene rings is 2. The number of hydrogen-bond acceptors (Lipinski definition) is 4. The molecule has 152 valence electrons. The molecule has 0 atom stereocenters. The minimum Gasteiger partial charge on any atom is -0.392 e. The number of urea groups is 1. The average molecular weight is 394 g/mol. The number of nitrogens with zero attached hydrogens (tertiary/aromatic N) is 2. The van der Waals surface area contributed by atoms with Crippen molar-refractivity contribution in [2.75, 3.05) is 33.7 Å². The van der Waals surface area contributed by atoms with Crippen LogP contribution in [-0.2, 0) is 13.2 Å². The molecule has 3 amide bonds. The summed E-state index contributed by atoms with van der Waals surface area (Å²) >= 11 is 0. The summed E-state index contributed by atoms with van der Waals surface area (Å²) in [5.41, 5.74) is 4.27. The van der Waals surface area contributed by atoms with Crippen LogP contribution < -0.4 is 10.6 Å². The molecule has 0 aromatic heterocycles. The molecule has 0 unspecified atom stereocenters. The third-order valence-corrected chi connectivity index (χ3v) is 5.52. The van der Waals surface area contributed by atoms with Gasteiger partial charge in [0.2, 0.25) is 0 Å². The quantitative estimate of drug-likeness (QED) is 0.716. The van der Waals surface area contributed by atoms with E-state index in [0.29, 0.717) is 25.2 Å². The highest BCUT2D eigenvalue weighted by Gasteiger charge is 2.49. The average Bonchev–Trinajstić information content (AvgIpc) is 3.08. The summed E-state index contributed by atoms with van der Waals surface area (Å²) in [6, 6.07) is 13.4. The molecule has 0 bridgehead atoms. The van der Waals surface area contributed by atoms with Crippen LogP contribution in [0.3, 0.4) is 0 Å². The van der Waals surface area contributed by atoms with Gasteiger partial charge in [-0.25, -0.2) is 4.79 Å². The van der Waals surface area contributed by atoms with Crippen LogP contribution in [0.4, 0.5) is 4.79 Å². The Balaban J connectivity index is 1.47. The van der Waals surface area contributed by atoms with Crippen LogP contribution in [0.5, 0.6) is 0 Å². The maximum absolute atomic E-state index is 12.7. The Hall–Kier alpha value is -2.90. The van der Waals surface area contributed by atoms with Gasteiger partial charge >= 0.3 is 6.03 Å². The second-order valence-corrected chi connectivity index (χ2v) is 8.21. The van der Waals surface area contributed by atoms with Gasteiger partial charge in [0.05, 0.1) is 12.1 Å². The number of likely N-dealkylation sites (tertiary alicyclic amines) is 1. The molecule has 7 heteroatoms. The Morgan fingerprint density at radius 1 is 1.17 bits per heavy atom. The van der Waals surface area contributed by atoms with E-state index in [0.717, 1.165) is 28.8 Å². The Morgan fingerprint density at radius 2 is 1.90 bits per heavy atom. The molecule has 2 heterocycles. The van der Waals surface area contributed by atoms with Crippen molar-refractivity contribution >= 4 is 11.9 Å². The third kappa shape index (κ3) is 3.83. The Bertz CT molecular complexity index is 934. The largest absolute Gasteiger partial charge is 0.392 e. The van der Waals surface area contributed by atoms with Crippen molar-refractivity contribution in [1.29, 1.82) is 0 Å². The number of carbonyl (C=O) groups is 2. The molecule has 0 saturated carbocycles. The SMILES string of the molecule is CN(C)Cc1ccc(-c2ccc(C(=O)N3CC4(CNC(=O)N4)C3)cc2)c(CO)c1. The molecule has 2 fully saturated rings. The third-order valence-electron chi connectivity index (χ3n) is 5.52. The fourth-order valence-corrected chi connectivity index (χ4v) is 4.10. The molecule has 2 aliphatic rings. The Morgan fingerprint density at radius 3 is 2.48 bits per heavy atom. The van der Waals surface area contributed by atoms with Crippen molar-refractivity contribution in [1.82, 2.24) is 20.4 Å². The number of nitrogens with one attached hydrogen (secondary N) is 2. The highest BCUT2D eigenvalue weighted by Crippen LogP contribution is 2.28. The van der Waals surface area contributed by atoms with Crippen LogP contribution in [0, 0.1) is 0 Å². The molecular weight excluding hydrogens is 368 g/mol. The number of rotatable bonds is 5. The molecule has 2 saturated heterocycles. The zero-order valence-electron chi connectivity index (χ0n) is 16.7. The maximum Gasteiger partial charge on any atom is 0.315 e. The molecule has 7 nitrogen and oxygen atoms in total. The summed E-state index contributed by atoms with van der Waals surface area (Å²) in [7, 11) is 4.03. The first kappa shape index (κ1) is 19.4. The maximum atomic E-state index is 12.7. The smallest absolute Gasteiger partial charge is 0.315 e. The highest BCUT2D eigenvalue weighted by atomic mass is 16.3. The van der Waals surface area contributed by atoms with Crippen molar-refractivity contribution in [2.45, 2.75) is 18.7 Å². The lowest BCUT2D eigenvalue weighted by atomic mass is 9.90. The number of aliphatic hydroxyl groups excluding tert-OH is 1. The summed E-state index contributed by atoms with van der Waals surface area (Å²) in [4.78, 5) is 27.9. The van der Waals surface area contributed by atoms with Crippen molar-refractivity contribution in [3.63, 3.8) is 0 Å². The number of carbonyl (C=O) groups excluding carboxylic acids is 2. The first-order valence-corrected chi connectivity index (χ1v) is 9.72. The summed E-state index contributed by atoms with van der Waals surface area (Å²) in [6.45, 7) is 2.38. The predicted molar refractivity (Wildman–Crippen MR) is 110 cm³/mol. The van der Waals surface area contributed by atoms with Gasteiger partial charge in [0.15, 0.2) is 0 Å². The molecule has 29 heavy (non-hydrogen) atoms. The van der Waals surface area contributed by atoms with E-state index in [-0.39, 0.29) is 24.1 Å². The standard InChI is InChI=1S/C22H26N4O3/c1-25(2)10-15-3-8-19(18(9-15)11-27)16-4-6-17(7-5-16)20(28)26-13-22(14-26)12-23-21(29)24-22/h3-9,27H,10-14H2,1-2H3,(H2,23,24,29). The second-order valence-electron chi connectivity index (χ2n) is 8.21. The summed E-state index contributed by atoms with van der Waals surface area (Å²) < 4.78 is 0. The predicted octanol–water partition coefficient (Wildman–Crippen LogP) is 1.41. The molecule has 1 spiro atoms. The number of aliphatic hydroxyl groups is 1. The molecule has 3 N–H and O–H groups in total. The van der Waals surface area contributed by atoms with Gasteiger partial charge in [-0.05, 0) is 48.5 Å². The summed E-state index contributed by atoms with van der Waals surface area (Å²) in [5.74, 6) is -0.0352. The van der Waals surface area contributed by atoms with Gasteiger partial charge in [0, 0.05) is 31.7 Å². The number of hydrogen-bond donors (Lipinski definition) is 3. The molecule has 2 aliphatic heterocycles. The van der Waals surface area contributed by atoms with Crippen molar-refractivity contribution in [3.05, 3.63) is 59.2 Å². The minimum absolute atomic E-state index is 0.0348. The van der Waals surface area contributed by atoms with E-state index in [1.54, 1.807) is 4.90 Å². The molecule has 2 aromatic rings. The summed E-state index contributed by atoms with van der Waals surface area (Å²) in [5, 5.41) is 15.4. The van der Waals surface area contributed by atoms with E-state index < -0.39 is 0 Å². The van der Waals surface area contributed by atoms with Crippen LogP contribution in [0.25, 0.3) is 11.1 Å². The van der Waals surface area contributed by atoms with Crippen LogP contribution >= 0.6 is 0 Å². The van der Waals surface area contributed by atoms with Gasteiger partial charge in [-0.1, -0.05) is 30.3 Å². The normalized spacial score (nSPS) is 17.2. The van der Waals surface area contributed by atoms with Crippen LogP contribution in [0.15, 0.2) is 42.5 Å². The minimum atomic E-state index is -0.309. The van der Waals surface area contributed by atoms with Gasteiger partial charge in [0.1, 0.15) is 0 Å². The van der Waals surface area contributed by atoms with E-state index >= 15 is 0 Å². The lowest BCUT2D eigenvalue weighted by Crippen LogP contribution is -2.70. The van der Waals surface area contributed by atoms with E-state index in [4.69, 9.17) is 0 Å². The van der Waals surface area contributed by atoms with Gasteiger partial charge in [-0.3, -0.25) is 4.79 Å². The number of amides is 3. The van der Waals surface area contributed by atoms with Gasteiger partial charge in [-0.15, -0.1) is 0 Å². The topological polar surface area (TPSA) is 84.9 Å². The van der Waals surface area contributed by atoms with Crippen molar-refractivity contribution in [2.24, 2.45) is 0 Å². The van der Waals surface area contributed by atoms with Crippen molar-refractivity contribution < 1.29 is 14.7 Å². The zero-order chi connectivity index (χ0) is 20.6. The highest BCUT2D eigenvalue weighted by molar-refractivity contribution is 5.96. The summed E-state index contributed by atoms with van der Waals surface area (Å²) in [6.07, 6.45) is 0. The molecule has 2 aromatic carbocycles. The molecule has 4 rings (SSSR count). The Kier molecular flexibility index (Phi) is 5.02. The Labute approximate surface area is 170 Å². The first-order valence-electron chi connectivity index (χ1n) is 9.72. The van der Waals surface area contributed by atoms with E-state index in [1.807, 2.05) is 50.5 Å². The van der Waals surface area contributed by atoms with E-state index in [9.17, 15) is 14.7 Å². The fourth-order valence-electron chi connectivity index (χ4n) is 4.10. The lowest BCUT2D eigenvalue weighted by Gasteiger charge is -2.46. The molecular formula is C22H26N4O3. The van der Waals surface area contributed by atoms with Gasteiger partial charge in [0.25, 0.3) is 5.91 Å². The fraction of sp³-hybridized carbons (Fsp3) is 0.364. The van der Waals surface area contributed by atoms with E-state index in [2.05, 4.69) is 21.6 Å². The zero-order valence-corrected chi connectivity index (χ0v) is 16.7. The van der Waals surface area contributed by atoms with Crippen molar-refractivity contribution in [3.8, 4) is 11.1 Å². The molecule has 0 aliphatic carbocycles. The van der Waals surface area contributed by atoms with Crippen LogP contribution in [0.2, 0.25) is 0 Å². The van der Waals surface area contributed by atoms with Crippen LogP contribution in [-0.4, -0.2) is 66.1 Å². The van der Waals surface area contributed by atoms with E-state index in [1.165, 1.54) is 0 Å². The lowest BCUT2D eigenvalue weighted by molar-refractivity contribution is 0.0397. The molecule has 0 radical (unpaired) electrons. The van der Waals surface area contributed by atoms with Gasteiger partial charge in [-0.2, -0.15) is 0 Å². The first-order chi connectivity index (χ1) is 13.9. The van der Waals surface area contributed by atoms with Gasteiger partial charge < -0.3 is 25.5 Å².